The van der Waals surface area contributed by atoms with E-state index in [4.69, 9.17) is 25.0 Å². The summed E-state index contributed by atoms with van der Waals surface area (Å²) >= 11 is 0. The third-order valence-corrected chi connectivity index (χ3v) is 6.19. The summed E-state index contributed by atoms with van der Waals surface area (Å²) in [4.78, 5) is 60.7. The number of carbonyl (C=O) groups is 3. The molecule has 3 amide bonds. The number of carbonyl (C=O) groups excluding carboxylic acids is 3. The van der Waals surface area contributed by atoms with Gasteiger partial charge < -0.3 is 41.1 Å². The molecule has 41 heavy (non-hydrogen) atoms. The van der Waals surface area contributed by atoms with Gasteiger partial charge in [-0.05, 0) is 67.9 Å². The number of phosphoric acid groups is 1. The van der Waals surface area contributed by atoms with Gasteiger partial charge in [-0.15, -0.1) is 0 Å². The first kappa shape index (κ1) is 35.7. The number of amides is 3. The summed E-state index contributed by atoms with van der Waals surface area (Å²) in [7, 11) is -3.08. The lowest BCUT2D eigenvalue weighted by Crippen LogP contribution is -2.50. The van der Waals surface area contributed by atoms with Gasteiger partial charge in [0, 0.05) is 25.7 Å². The van der Waals surface area contributed by atoms with Crippen LogP contribution in [0.4, 0.5) is 5.69 Å². The number of aromatic hydroxyl groups is 1. The zero-order valence-corrected chi connectivity index (χ0v) is 24.9. The van der Waals surface area contributed by atoms with E-state index in [0.717, 1.165) is 17.5 Å². The number of rotatable bonds is 13. The van der Waals surface area contributed by atoms with Crippen molar-refractivity contribution in [3.8, 4) is 5.75 Å². The Labute approximate surface area is 241 Å². The van der Waals surface area contributed by atoms with E-state index in [9.17, 15) is 19.5 Å². The van der Waals surface area contributed by atoms with Crippen LogP contribution in [0.3, 0.4) is 0 Å². The van der Waals surface area contributed by atoms with Crippen molar-refractivity contribution in [2.24, 2.45) is 11.7 Å². The van der Waals surface area contributed by atoms with Crippen molar-refractivity contribution >= 4 is 31.2 Å². The van der Waals surface area contributed by atoms with Gasteiger partial charge in [-0.3, -0.25) is 14.4 Å². The van der Waals surface area contributed by atoms with Gasteiger partial charge in [-0.1, -0.05) is 44.2 Å². The molecule has 0 aromatic heterocycles. The van der Waals surface area contributed by atoms with E-state index >= 15 is 0 Å². The van der Waals surface area contributed by atoms with Gasteiger partial charge in [-0.2, -0.15) is 0 Å². The number of nitrogens with two attached hydrogens (primary N) is 1. The Bertz CT molecular complexity index is 1160. The van der Waals surface area contributed by atoms with E-state index < -0.39 is 19.9 Å². The molecule has 0 spiro atoms. The Hall–Kier alpha value is -3.28. The van der Waals surface area contributed by atoms with E-state index in [0.29, 0.717) is 43.8 Å². The molecule has 13 heteroatoms. The molecule has 0 aliphatic heterocycles. The second kappa shape index (κ2) is 17.5. The number of hydrogen-bond donors (Lipinski definition) is 7. The molecule has 0 aliphatic rings. The normalized spacial score (nSPS) is 12.5. The van der Waals surface area contributed by atoms with Crippen molar-refractivity contribution in [3.05, 3.63) is 59.7 Å². The van der Waals surface area contributed by atoms with Crippen LogP contribution in [0.15, 0.2) is 48.5 Å². The first-order valence-electron chi connectivity index (χ1n) is 13.3. The van der Waals surface area contributed by atoms with Gasteiger partial charge in [0.2, 0.25) is 17.7 Å². The van der Waals surface area contributed by atoms with Gasteiger partial charge in [0.25, 0.3) is 0 Å². The predicted octanol–water partition coefficient (Wildman–Crippen LogP) is 2.30. The maximum Gasteiger partial charge on any atom is 0.466 e. The van der Waals surface area contributed by atoms with Crippen LogP contribution in [0.5, 0.6) is 5.75 Å². The average molecular weight is 595 g/mol. The molecule has 0 heterocycles. The lowest BCUT2D eigenvalue weighted by molar-refractivity contribution is -0.137. The van der Waals surface area contributed by atoms with Gasteiger partial charge in [0.05, 0.1) is 6.04 Å². The largest absolute Gasteiger partial charge is 0.508 e. The van der Waals surface area contributed by atoms with Crippen LogP contribution in [0.2, 0.25) is 0 Å². The van der Waals surface area contributed by atoms with Gasteiger partial charge in [0.1, 0.15) is 11.8 Å². The van der Waals surface area contributed by atoms with Crippen molar-refractivity contribution in [2.45, 2.75) is 65.0 Å². The highest BCUT2D eigenvalue weighted by Crippen LogP contribution is 2.25. The number of para-hydroxylation sites is 1. The summed E-state index contributed by atoms with van der Waals surface area (Å²) in [5, 5.41) is 15.3. The quantitative estimate of drug-likeness (QED) is 0.170. The molecule has 0 radical (unpaired) electrons. The summed E-state index contributed by atoms with van der Waals surface area (Å²) in [5.74, 6) is 0.0670. The van der Waals surface area contributed by atoms with Crippen molar-refractivity contribution in [3.63, 3.8) is 0 Å². The number of nitrogens with zero attached hydrogens (tertiary/aromatic N) is 1. The Morgan fingerprint density at radius 1 is 1.00 bits per heavy atom. The summed E-state index contributed by atoms with van der Waals surface area (Å²) in [6.07, 6.45) is 2.99. The minimum Gasteiger partial charge on any atom is -0.508 e. The summed E-state index contributed by atoms with van der Waals surface area (Å²) in [5.41, 5.74) is 8.54. The summed E-state index contributed by atoms with van der Waals surface area (Å²) in [6, 6.07) is 12.5. The fraction of sp³-hybridized carbons (Fsp3) is 0.464. The van der Waals surface area contributed by atoms with E-state index in [-0.39, 0.29) is 23.5 Å². The molecule has 2 aromatic rings. The molecule has 2 atom stereocenters. The van der Waals surface area contributed by atoms with E-state index in [1.807, 2.05) is 24.3 Å². The lowest BCUT2D eigenvalue weighted by atomic mass is 10.0. The summed E-state index contributed by atoms with van der Waals surface area (Å²) in [6.45, 7) is 6.59. The number of anilines is 1. The van der Waals surface area contributed by atoms with E-state index in [2.05, 4.69) is 24.5 Å². The number of benzene rings is 2. The maximum atomic E-state index is 12.9. The van der Waals surface area contributed by atoms with Gasteiger partial charge >= 0.3 is 7.82 Å². The van der Waals surface area contributed by atoms with Crippen LogP contribution < -0.4 is 16.4 Å². The van der Waals surface area contributed by atoms with Gasteiger partial charge in [-0.25, -0.2) is 4.57 Å². The molecule has 2 rings (SSSR count). The van der Waals surface area contributed by atoms with Crippen LogP contribution in [-0.4, -0.2) is 68.1 Å². The third-order valence-electron chi connectivity index (χ3n) is 6.19. The fourth-order valence-corrected chi connectivity index (χ4v) is 3.73. The third kappa shape index (κ3) is 15.3. The molecule has 2 aromatic carbocycles. The number of hydrogen-bond acceptors (Lipinski definition) is 6. The molecule has 0 saturated carbocycles. The van der Waals surface area contributed by atoms with Crippen LogP contribution in [0, 0.1) is 5.92 Å². The van der Waals surface area contributed by atoms with Crippen LogP contribution in [-0.2, 0) is 31.8 Å². The topological polar surface area (TPSA) is 203 Å². The Morgan fingerprint density at radius 2 is 1.59 bits per heavy atom. The average Bonchev–Trinajstić information content (AvgIpc) is 2.88. The minimum absolute atomic E-state index is 0.0366. The fourth-order valence-electron chi connectivity index (χ4n) is 3.73. The minimum atomic E-state index is -4.64. The molecular weight excluding hydrogens is 551 g/mol. The highest BCUT2D eigenvalue weighted by Gasteiger charge is 2.27. The maximum absolute atomic E-state index is 12.9. The lowest BCUT2D eigenvalue weighted by Gasteiger charge is -2.27. The first-order chi connectivity index (χ1) is 19.1. The zero-order chi connectivity index (χ0) is 31.2. The molecule has 0 unspecified atom stereocenters. The monoisotopic (exact) mass is 594 g/mol. The zero-order valence-electron chi connectivity index (χ0n) is 24.0. The number of phenols is 1. The first-order valence-corrected chi connectivity index (χ1v) is 14.9. The van der Waals surface area contributed by atoms with E-state index in [1.54, 1.807) is 38.2 Å². The molecule has 0 fully saturated rings. The molecule has 228 valence electrons. The summed E-state index contributed by atoms with van der Waals surface area (Å²) < 4.78 is 8.88. The van der Waals surface area contributed by atoms with Crippen molar-refractivity contribution in [2.75, 3.05) is 18.9 Å². The molecule has 12 nitrogen and oxygen atoms in total. The van der Waals surface area contributed by atoms with E-state index in [1.165, 1.54) is 4.90 Å². The SMILES string of the molecule is CC(C)CCNC(=O)CCCc1ccccc1NC(=O)[C@H](C)N(C)C(=O)[C@@H](N)Cc1ccc(O)cc1.O=P(O)(O)O. The standard InChI is InChI=1S/C28H40N4O4.H3O4P/c1-19(2)16-17-30-26(34)11-7-9-22-8-5-6-10-25(22)31-27(35)20(3)32(4)28(36)24(29)18-21-12-14-23(33)15-13-21;1-5(2,3)4/h5-6,8,10,12-15,19-20,24,33H,7,9,11,16-18,29H2,1-4H3,(H,30,34)(H,31,35);(H3,1,2,3,4)/t20-,24-;/m0./s1. The molecular formula is C28H43N4O8P. The van der Waals surface area contributed by atoms with Gasteiger partial charge in [0.15, 0.2) is 0 Å². The number of nitrogens with one attached hydrogen (secondary N) is 2. The Morgan fingerprint density at radius 3 is 2.17 bits per heavy atom. The molecule has 0 bridgehead atoms. The van der Waals surface area contributed by atoms with Crippen LogP contribution >= 0.6 is 7.82 Å². The van der Waals surface area contributed by atoms with Crippen molar-refractivity contribution in [1.82, 2.24) is 10.2 Å². The van der Waals surface area contributed by atoms with Crippen molar-refractivity contribution < 1.29 is 38.7 Å². The smallest absolute Gasteiger partial charge is 0.466 e. The van der Waals surface area contributed by atoms with Crippen LogP contribution in [0.25, 0.3) is 0 Å². The number of aryl methyl sites for hydroxylation is 1. The molecule has 8 N–H and O–H groups in total. The van der Waals surface area contributed by atoms with Crippen LogP contribution in [0.1, 0.15) is 51.2 Å². The predicted molar refractivity (Wildman–Crippen MR) is 157 cm³/mol. The number of phenolic OH excluding ortho intramolecular Hbond substituents is 1. The highest BCUT2D eigenvalue weighted by atomic mass is 31.2. The second-order valence-electron chi connectivity index (χ2n) is 10.1. The highest BCUT2D eigenvalue weighted by molar-refractivity contribution is 7.45. The van der Waals surface area contributed by atoms with Crippen molar-refractivity contribution in [1.29, 1.82) is 0 Å². The molecule has 0 aliphatic carbocycles. The second-order valence-corrected chi connectivity index (χ2v) is 11.2. The Kier molecular flexibility index (Phi) is 15.3. The number of likely N-dealkylation sites (N-methyl/N-ethyl adjacent to an activating group) is 1. The Balaban J connectivity index is 0.00000154. The molecule has 0 saturated heterocycles.